The third-order valence-corrected chi connectivity index (χ3v) is 5.08. The quantitative estimate of drug-likeness (QED) is 0.536. The number of nitrogens with zero attached hydrogens (tertiary/aromatic N) is 2. The number of ether oxygens (including phenoxy) is 3. The highest BCUT2D eigenvalue weighted by molar-refractivity contribution is 8.19. The molecule has 1 fully saturated rings. The maximum Gasteiger partial charge on any atom is 0.331 e. The number of hydrogen-bond acceptors (Lipinski definition) is 7. The summed E-state index contributed by atoms with van der Waals surface area (Å²) in [7, 11) is 4.15. The number of aliphatic imine (C=N–C) groups is 1. The molecule has 154 valence electrons. The second kappa shape index (κ2) is 9.27. The summed E-state index contributed by atoms with van der Waals surface area (Å²) in [6.45, 7) is 0. The van der Waals surface area contributed by atoms with Crippen LogP contribution in [0.25, 0.3) is 0 Å². The van der Waals surface area contributed by atoms with E-state index in [0.717, 1.165) is 17.8 Å². The fraction of sp³-hybridized carbons (Fsp3) is 0.143. The summed E-state index contributed by atoms with van der Waals surface area (Å²) in [6.07, 6.45) is 1.07. The van der Waals surface area contributed by atoms with Crippen LogP contribution < -0.4 is 14.4 Å². The highest BCUT2D eigenvalue weighted by Gasteiger charge is 2.36. The van der Waals surface area contributed by atoms with Gasteiger partial charge in [0.15, 0.2) is 5.17 Å². The van der Waals surface area contributed by atoms with Crippen molar-refractivity contribution in [2.45, 2.75) is 0 Å². The van der Waals surface area contributed by atoms with Crippen LogP contribution in [0.1, 0.15) is 10.4 Å². The third-order valence-electron chi connectivity index (χ3n) is 4.11. The Labute approximate surface area is 177 Å². The highest BCUT2D eigenvalue weighted by Crippen LogP contribution is 2.35. The lowest BCUT2D eigenvalue weighted by Gasteiger charge is -2.15. The van der Waals surface area contributed by atoms with E-state index in [-0.39, 0.29) is 21.4 Å². The Balaban J connectivity index is 2.04. The molecule has 0 aromatic heterocycles. The predicted molar refractivity (Wildman–Crippen MR) is 113 cm³/mol. The number of anilines is 1. The van der Waals surface area contributed by atoms with Gasteiger partial charge in [-0.25, -0.2) is 4.79 Å². The zero-order valence-electron chi connectivity index (χ0n) is 16.4. The van der Waals surface area contributed by atoms with E-state index >= 15 is 0 Å². The van der Waals surface area contributed by atoms with Crippen molar-refractivity contribution in [1.82, 2.24) is 0 Å². The van der Waals surface area contributed by atoms with Gasteiger partial charge in [0.2, 0.25) is 0 Å². The lowest BCUT2D eigenvalue weighted by molar-refractivity contribution is -0.135. The molecule has 2 aromatic carbocycles. The molecule has 9 heteroatoms. The summed E-state index contributed by atoms with van der Waals surface area (Å²) in [4.78, 5) is 42.9. The second-order valence-corrected chi connectivity index (χ2v) is 6.88. The van der Waals surface area contributed by atoms with Crippen LogP contribution in [0.15, 0.2) is 64.5 Å². The molecule has 0 aliphatic carbocycles. The Morgan fingerprint density at radius 3 is 2.40 bits per heavy atom. The average molecular weight is 426 g/mol. The summed E-state index contributed by atoms with van der Waals surface area (Å²) in [5.74, 6) is -0.955. The number of benzene rings is 2. The van der Waals surface area contributed by atoms with Gasteiger partial charge in [0, 0.05) is 12.1 Å². The lowest BCUT2D eigenvalue weighted by Crippen LogP contribution is -2.29. The minimum absolute atomic E-state index is 0.0962. The van der Waals surface area contributed by atoms with E-state index in [2.05, 4.69) is 9.73 Å². The van der Waals surface area contributed by atoms with Crippen molar-refractivity contribution in [1.29, 1.82) is 0 Å². The van der Waals surface area contributed by atoms with E-state index in [1.54, 1.807) is 42.5 Å². The number of methoxy groups -OCH3 is 3. The molecule has 2 aromatic rings. The van der Waals surface area contributed by atoms with Crippen LogP contribution in [-0.2, 0) is 14.3 Å². The van der Waals surface area contributed by atoms with Crippen molar-refractivity contribution in [2.24, 2.45) is 4.99 Å². The summed E-state index contributed by atoms with van der Waals surface area (Å²) >= 11 is 0.910. The molecule has 0 radical (unpaired) electrons. The van der Waals surface area contributed by atoms with Gasteiger partial charge in [-0.3, -0.25) is 14.5 Å². The van der Waals surface area contributed by atoms with Crippen molar-refractivity contribution in [3.05, 3.63) is 65.1 Å². The molecule has 1 heterocycles. The molecule has 0 atom stereocenters. The SMILES string of the molecule is COC(=O)C=C1SC(=NC(=O)c2ccc(OC)cc2OC)N(c2ccccc2)C1=O. The molecule has 0 N–H and O–H groups in total. The largest absolute Gasteiger partial charge is 0.497 e. The second-order valence-electron chi connectivity index (χ2n) is 5.88. The third kappa shape index (κ3) is 4.36. The monoisotopic (exact) mass is 426 g/mol. The normalized spacial score (nSPS) is 16.1. The molecule has 8 nitrogen and oxygen atoms in total. The van der Waals surface area contributed by atoms with Gasteiger partial charge >= 0.3 is 5.97 Å². The molecule has 1 saturated heterocycles. The van der Waals surface area contributed by atoms with E-state index in [0.29, 0.717) is 11.4 Å². The number of rotatable bonds is 5. The molecular formula is C21H18N2O6S. The summed E-state index contributed by atoms with van der Waals surface area (Å²) < 4.78 is 15.0. The molecule has 3 rings (SSSR count). The Morgan fingerprint density at radius 1 is 1.03 bits per heavy atom. The van der Waals surface area contributed by atoms with Crippen molar-refractivity contribution in [2.75, 3.05) is 26.2 Å². The van der Waals surface area contributed by atoms with Gasteiger partial charge in [-0.2, -0.15) is 4.99 Å². The van der Waals surface area contributed by atoms with E-state index in [1.807, 2.05) is 0 Å². The molecule has 0 saturated carbocycles. The zero-order chi connectivity index (χ0) is 21.7. The average Bonchev–Trinajstić information content (AvgIpc) is 3.07. The van der Waals surface area contributed by atoms with Crippen LogP contribution in [0.3, 0.4) is 0 Å². The van der Waals surface area contributed by atoms with Gasteiger partial charge in [0.25, 0.3) is 11.8 Å². The number of hydrogen-bond donors (Lipinski definition) is 0. The van der Waals surface area contributed by atoms with Crippen molar-refractivity contribution in [3.63, 3.8) is 0 Å². The summed E-state index contributed by atoms with van der Waals surface area (Å²) in [5.41, 5.74) is 0.716. The maximum atomic E-state index is 12.9. The molecule has 30 heavy (non-hydrogen) atoms. The highest BCUT2D eigenvalue weighted by atomic mass is 32.2. The first-order valence-electron chi connectivity index (χ1n) is 8.70. The van der Waals surface area contributed by atoms with Crippen LogP contribution >= 0.6 is 11.8 Å². The van der Waals surface area contributed by atoms with Crippen LogP contribution in [0, 0.1) is 0 Å². The molecule has 0 spiro atoms. The van der Waals surface area contributed by atoms with E-state index in [1.165, 1.54) is 32.3 Å². The van der Waals surface area contributed by atoms with Crippen LogP contribution in [0.4, 0.5) is 5.69 Å². The minimum Gasteiger partial charge on any atom is -0.497 e. The number of thioether (sulfide) groups is 1. The maximum absolute atomic E-state index is 12.9. The predicted octanol–water partition coefficient (Wildman–Crippen LogP) is 3.04. The first kappa shape index (κ1) is 21.1. The standard InChI is InChI=1S/C21H18N2O6S/c1-27-14-9-10-15(16(11-14)28-2)19(25)22-21-23(13-7-5-4-6-8-13)20(26)17(30-21)12-18(24)29-3/h4-12H,1-3H3. The van der Waals surface area contributed by atoms with Gasteiger partial charge < -0.3 is 14.2 Å². The molecule has 2 amide bonds. The first-order chi connectivity index (χ1) is 14.5. The smallest absolute Gasteiger partial charge is 0.331 e. The molecule has 0 unspecified atom stereocenters. The molecular weight excluding hydrogens is 408 g/mol. The number of esters is 1. The van der Waals surface area contributed by atoms with Crippen molar-refractivity contribution < 1.29 is 28.6 Å². The summed E-state index contributed by atoms with van der Waals surface area (Å²) in [5, 5.41) is 0.115. The van der Waals surface area contributed by atoms with Gasteiger partial charge in [0.1, 0.15) is 11.5 Å². The van der Waals surface area contributed by atoms with Gasteiger partial charge in [-0.1, -0.05) is 18.2 Å². The van der Waals surface area contributed by atoms with Crippen LogP contribution in [0.2, 0.25) is 0 Å². The van der Waals surface area contributed by atoms with Gasteiger partial charge in [-0.15, -0.1) is 0 Å². The Bertz CT molecular complexity index is 1050. The van der Waals surface area contributed by atoms with Gasteiger partial charge in [0.05, 0.1) is 37.5 Å². The van der Waals surface area contributed by atoms with E-state index in [9.17, 15) is 14.4 Å². The summed E-state index contributed by atoms with van der Waals surface area (Å²) in [6, 6.07) is 13.4. The van der Waals surface area contributed by atoms with Crippen LogP contribution in [-0.4, -0.2) is 44.3 Å². The molecule has 0 bridgehead atoms. The van der Waals surface area contributed by atoms with Crippen molar-refractivity contribution in [3.8, 4) is 11.5 Å². The number of carbonyl (C=O) groups is 3. The fourth-order valence-corrected chi connectivity index (χ4v) is 3.58. The number of amides is 2. The zero-order valence-corrected chi connectivity index (χ0v) is 17.3. The topological polar surface area (TPSA) is 94.5 Å². The van der Waals surface area contributed by atoms with E-state index in [4.69, 9.17) is 9.47 Å². The Kier molecular flexibility index (Phi) is 6.53. The lowest BCUT2D eigenvalue weighted by atomic mass is 10.2. The molecule has 1 aliphatic rings. The Morgan fingerprint density at radius 2 is 1.77 bits per heavy atom. The number of amidine groups is 1. The van der Waals surface area contributed by atoms with Crippen molar-refractivity contribution >= 4 is 40.4 Å². The van der Waals surface area contributed by atoms with Gasteiger partial charge in [-0.05, 0) is 36.0 Å². The fourth-order valence-electron chi connectivity index (χ4n) is 2.64. The van der Waals surface area contributed by atoms with E-state index < -0.39 is 17.8 Å². The number of carbonyl (C=O) groups excluding carboxylic acids is 3. The minimum atomic E-state index is -0.678. The van der Waals surface area contributed by atoms with Crippen LogP contribution in [0.5, 0.6) is 11.5 Å². The number of para-hydroxylation sites is 1. The Hall–Kier alpha value is -3.59. The first-order valence-corrected chi connectivity index (χ1v) is 9.52. The molecule has 1 aliphatic heterocycles.